The topological polar surface area (TPSA) is 170 Å². The van der Waals surface area contributed by atoms with Gasteiger partial charge < -0.3 is 39.2 Å². The van der Waals surface area contributed by atoms with Crippen molar-refractivity contribution in [2.45, 2.75) is 64.8 Å². The Morgan fingerprint density at radius 2 is 1.73 bits per heavy atom. The molecular weight excluding hydrogens is 590 g/mol. The number of ether oxygens (including phenoxy) is 2. The van der Waals surface area contributed by atoms with Gasteiger partial charge in [0.25, 0.3) is 0 Å². The molecule has 0 aliphatic carbocycles. The zero-order chi connectivity index (χ0) is 32.3. The number of aliphatic carboxylic acids is 1. The molecular formula is C29H39N7O7S. The normalized spacial score (nSPS) is 11.9. The van der Waals surface area contributed by atoms with Crippen molar-refractivity contribution in [1.82, 2.24) is 34.6 Å². The maximum absolute atomic E-state index is 13.6. The lowest BCUT2D eigenvalue weighted by Gasteiger charge is -2.30. The van der Waals surface area contributed by atoms with Crippen molar-refractivity contribution < 1.29 is 33.8 Å². The second kappa shape index (κ2) is 15.8. The van der Waals surface area contributed by atoms with Crippen LogP contribution in [0.4, 0.5) is 9.59 Å². The van der Waals surface area contributed by atoms with Crippen LogP contribution in [0.25, 0.3) is 11.2 Å². The average molecular weight is 630 g/mol. The number of aryl methyl sites for hydroxylation is 1. The fourth-order valence-corrected chi connectivity index (χ4v) is 4.45. The molecule has 0 saturated carbocycles. The molecule has 0 radical (unpaired) electrons. The summed E-state index contributed by atoms with van der Waals surface area (Å²) in [6.45, 7) is 5.21. The van der Waals surface area contributed by atoms with Crippen LogP contribution in [0.3, 0.4) is 0 Å². The lowest BCUT2D eigenvalue weighted by molar-refractivity contribution is -0.150. The van der Waals surface area contributed by atoms with E-state index < -0.39 is 35.7 Å². The molecule has 0 aliphatic rings. The van der Waals surface area contributed by atoms with Crippen molar-refractivity contribution in [2.24, 2.45) is 7.05 Å². The number of carbonyl (C=O) groups excluding carboxylic acids is 3. The Morgan fingerprint density at radius 1 is 1.02 bits per heavy atom. The lowest BCUT2D eigenvalue weighted by atomic mass is 10.1. The van der Waals surface area contributed by atoms with Gasteiger partial charge in [0.2, 0.25) is 5.91 Å². The highest BCUT2D eigenvalue weighted by molar-refractivity contribution is 7.71. The monoisotopic (exact) mass is 629 g/mol. The molecule has 15 heteroatoms. The Hall–Kier alpha value is -4.53. The van der Waals surface area contributed by atoms with E-state index in [0.29, 0.717) is 28.6 Å². The number of carbonyl (C=O) groups is 4. The van der Waals surface area contributed by atoms with Gasteiger partial charge in [0.1, 0.15) is 35.0 Å². The largest absolute Gasteiger partial charge is 0.480 e. The molecule has 44 heavy (non-hydrogen) atoms. The molecule has 2 aromatic heterocycles. The van der Waals surface area contributed by atoms with E-state index in [2.05, 4.69) is 20.6 Å². The van der Waals surface area contributed by atoms with Crippen molar-refractivity contribution in [3.8, 4) is 0 Å². The lowest BCUT2D eigenvalue weighted by Crippen LogP contribution is -2.49. The van der Waals surface area contributed by atoms with Gasteiger partial charge in [-0.05, 0) is 45.6 Å². The first-order chi connectivity index (χ1) is 20.9. The van der Waals surface area contributed by atoms with E-state index in [1.54, 1.807) is 32.4 Å². The highest BCUT2D eigenvalue weighted by Gasteiger charge is 2.30. The smallest absolute Gasteiger partial charge is 0.407 e. The number of unbranched alkanes of at least 4 members (excludes halogenated alkanes) is 1. The Morgan fingerprint density at radius 3 is 2.41 bits per heavy atom. The van der Waals surface area contributed by atoms with Crippen LogP contribution >= 0.6 is 12.2 Å². The molecule has 3 amide bonds. The molecule has 14 nitrogen and oxygen atoms in total. The third kappa shape index (κ3) is 10.3. The maximum Gasteiger partial charge on any atom is 0.407 e. The van der Waals surface area contributed by atoms with Crippen LogP contribution in [0, 0.1) is 4.64 Å². The summed E-state index contributed by atoms with van der Waals surface area (Å²) in [4.78, 5) is 59.9. The molecule has 0 unspecified atom stereocenters. The number of carboxylic acid groups (broad SMARTS) is 1. The number of aromatic nitrogens is 4. The maximum atomic E-state index is 13.6. The first kappa shape index (κ1) is 34.0. The van der Waals surface area contributed by atoms with Crippen LogP contribution in [0.2, 0.25) is 0 Å². The summed E-state index contributed by atoms with van der Waals surface area (Å²) in [6, 6.07) is 8.07. The van der Waals surface area contributed by atoms with Gasteiger partial charge in [0.15, 0.2) is 5.65 Å². The quantitative estimate of drug-likeness (QED) is 0.177. The predicted octanol–water partition coefficient (Wildman–Crippen LogP) is 3.40. The number of hydrogen-bond acceptors (Lipinski definition) is 9. The molecule has 0 bridgehead atoms. The number of fused-ring (bicyclic) bond motifs is 1. The van der Waals surface area contributed by atoms with Crippen LogP contribution in [-0.4, -0.2) is 84.4 Å². The SMILES string of the molecule is Cn1cnc2c(ncn2CC(=O)N(CCNC(=O)OC(C)(C)C)[C@H](CCCCNC(=O)OCc2ccccc2)C(=O)O)c1=S. The molecule has 2 heterocycles. The summed E-state index contributed by atoms with van der Waals surface area (Å²) < 4.78 is 14.0. The fraction of sp³-hybridized carbons (Fsp3) is 0.483. The summed E-state index contributed by atoms with van der Waals surface area (Å²) in [5, 5.41) is 15.3. The minimum absolute atomic E-state index is 0.0334. The summed E-state index contributed by atoms with van der Waals surface area (Å²) in [7, 11) is 1.74. The third-order valence-corrected chi connectivity index (χ3v) is 6.86. The number of carboxylic acids is 1. The first-order valence-electron chi connectivity index (χ1n) is 14.2. The fourth-order valence-electron chi connectivity index (χ4n) is 4.26. The number of amides is 3. The van der Waals surface area contributed by atoms with E-state index in [4.69, 9.17) is 21.7 Å². The molecule has 3 N–H and O–H groups in total. The van der Waals surface area contributed by atoms with Crippen molar-refractivity contribution in [3.63, 3.8) is 0 Å². The second-order valence-corrected chi connectivity index (χ2v) is 11.4. The zero-order valence-electron chi connectivity index (χ0n) is 25.3. The number of nitrogens with zero attached hydrogens (tertiary/aromatic N) is 5. The summed E-state index contributed by atoms with van der Waals surface area (Å²) in [5.74, 6) is -1.70. The van der Waals surface area contributed by atoms with Gasteiger partial charge in [-0.15, -0.1) is 0 Å². The highest BCUT2D eigenvalue weighted by Crippen LogP contribution is 2.15. The van der Waals surface area contributed by atoms with Crippen molar-refractivity contribution >= 4 is 47.4 Å². The molecule has 1 atom stereocenters. The van der Waals surface area contributed by atoms with Gasteiger partial charge in [-0.2, -0.15) is 0 Å². The number of rotatable bonds is 14. The number of nitrogens with one attached hydrogen (secondary N) is 2. The van der Waals surface area contributed by atoms with Crippen LogP contribution in [0.5, 0.6) is 0 Å². The highest BCUT2D eigenvalue weighted by atomic mass is 32.1. The number of hydrogen-bond donors (Lipinski definition) is 3. The molecule has 0 fully saturated rings. The van der Waals surface area contributed by atoms with Crippen LogP contribution in [-0.2, 0) is 39.3 Å². The van der Waals surface area contributed by atoms with Crippen LogP contribution in [0.15, 0.2) is 43.0 Å². The Balaban J connectivity index is 1.63. The molecule has 0 aliphatic heterocycles. The predicted molar refractivity (Wildman–Crippen MR) is 163 cm³/mol. The van der Waals surface area contributed by atoms with E-state index in [1.807, 2.05) is 30.3 Å². The third-order valence-electron chi connectivity index (χ3n) is 6.38. The molecule has 1 aromatic carbocycles. The van der Waals surface area contributed by atoms with Gasteiger partial charge in [-0.1, -0.05) is 42.5 Å². The second-order valence-electron chi connectivity index (χ2n) is 11.1. The van der Waals surface area contributed by atoms with Crippen molar-refractivity contribution in [2.75, 3.05) is 19.6 Å². The van der Waals surface area contributed by atoms with Crippen molar-refractivity contribution in [3.05, 3.63) is 53.2 Å². The molecule has 0 saturated heterocycles. The van der Waals surface area contributed by atoms with E-state index in [-0.39, 0.29) is 39.2 Å². The number of imidazole rings is 1. The molecule has 3 aromatic rings. The number of alkyl carbamates (subject to hydrolysis) is 2. The zero-order valence-corrected chi connectivity index (χ0v) is 26.1. The van der Waals surface area contributed by atoms with E-state index in [1.165, 1.54) is 22.1 Å². The number of benzene rings is 1. The Labute approximate surface area is 260 Å². The molecule has 0 spiro atoms. The Kier molecular flexibility index (Phi) is 12.2. The van der Waals surface area contributed by atoms with Crippen LogP contribution in [0.1, 0.15) is 45.6 Å². The average Bonchev–Trinajstić information content (AvgIpc) is 3.36. The summed E-state index contributed by atoms with van der Waals surface area (Å²) >= 11 is 5.38. The Bertz CT molecular complexity index is 1500. The van der Waals surface area contributed by atoms with E-state index in [9.17, 15) is 24.3 Å². The minimum Gasteiger partial charge on any atom is -0.480 e. The van der Waals surface area contributed by atoms with Crippen molar-refractivity contribution in [1.29, 1.82) is 0 Å². The van der Waals surface area contributed by atoms with Gasteiger partial charge in [-0.3, -0.25) is 4.79 Å². The minimum atomic E-state index is -1.20. The van der Waals surface area contributed by atoms with E-state index in [0.717, 1.165) is 5.56 Å². The van der Waals surface area contributed by atoms with Gasteiger partial charge >= 0.3 is 18.2 Å². The molecule has 238 valence electrons. The van der Waals surface area contributed by atoms with Gasteiger partial charge in [-0.25, -0.2) is 24.4 Å². The van der Waals surface area contributed by atoms with Gasteiger partial charge in [0, 0.05) is 26.7 Å². The van der Waals surface area contributed by atoms with Gasteiger partial charge in [0.05, 0.1) is 12.7 Å². The first-order valence-corrected chi connectivity index (χ1v) is 14.6. The van der Waals surface area contributed by atoms with Crippen LogP contribution < -0.4 is 10.6 Å². The molecule has 3 rings (SSSR count). The standard InChI is InChI=1S/C29H39N7O7S/c1-29(2,3)43-28(41)31-14-15-36(22(37)16-35-19-32-23-24(35)33-18-34(4)25(23)44)21(26(38)39)12-8-9-13-30-27(40)42-17-20-10-6-5-7-11-20/h5-7,10-11,18-19,21H,8-9,12-17H2,1-4H3,(H,30,40)(H,31,41)(H,38,39)/t21-/m1/s1. The summed E-state index contributed by atoms with van der Waals surface area (Å²) in [5.41, 5.74) is 0.975. The summed E-state index contributed by atoms with van der Waals surface area (Å²) in [6.07, 6.45) is 2.65. The van der Waals surface area contributed by atoms with E-state index >= 15 is 0 Å².